The number of benzene rings is 2. The highest BCUT2D eigenvalue weighted by atomic mass is 16.7. The number of unbranched alkanes of at least 4 members (excludes halogenated alkanes) is 2. The van der Waals surface area contributed by atoms with Crippen LogP contribution in [0.1, 0.15) is 82.8 Å². The van der Waals surface area contributed by atoms with Crippen LogP contribution in [0.4, 0.5) is 5.69 Å². The maximum Gasteiger partial charge on any atom is 0.269 e. The van der Waals surface area contributed by atoms with E-state index in [0.717, 1.165) is 36.8 Å². The van der Waals surface area contributed by atoms with E-state index in [2.05, 4.69) is 19.2 Å². The minimum atomic E-state index is -1.39. The minimum Gasteiger partial charge on any atom is -0.490 e. The molecule has 6 atom stereocenters. The van der Waals surface area contributed by atoms with Gasteiger partial charge in [-0.2, -0.15) is 0 Å². The Morgan fingerprint density at radius 2 is 1.75 bits per heavy atom. The van der Waals surface area contributed by atoms with E-state index in [1.807, 2.05) is 39.0 Å². The fourth-order valence-electron chi connectivity index (χ4n) is 8.31. The number of likely N-dealkylation sites (N-methyl/N-ethyl adjacent to an activating group) is 1. The van der Waals surface area contributed by atoms with Crippen molar-refractivity contribution in [3.05, 3.63) is 107 Å². The summed E-state index contributed by atoms with van der Waals surface area (Å²) in [5.41, 5.74) is 2.60. The lowest BCUT2D eigenvalue weighted by Gasteiger charge is -2.59. The number of hydrogen-bond donors (Lipinski definition) is 2. The SMILES string of the molecule is C=CCOc1ccc2c(c1)C1C(CCCCO)C(CCCCO)C=C3C(=NOC(C)(C)C)CC(N(C)C(=O)C=Cc4ccc([N+](=O)[O-])cc4)C(OCC=C)(O2)C31. The Bertz CT molecular complexity index is 1800. The van der Waals surface area contributed by atoms with Gasteiger partial charge < -0.3 is 34.2 Å². The summed E-state index contributed by atoms with van der Waals surface area (Å²) in [5.74, 6) is -0.879. The molecule has 0 aromatic heterocycles. The molecule has 0 bridgehead atoms. The van der Waals surface area contributed by atoms with Gasteiger partial charge in [0, 0.05) is 56.4 Å². The van der Waals surface area contributed by atoms with Crippen molar-refractivity contribution >= 4 is 23.4 Å². The molecule has 1 amide bonds. The lowest BCUT2D eigenvalue weighted by molar-refractivity contribution is -0.384. The second-order valence-corrected chi connectivity index (χ2v) is 15.7. The molecule has 0 radical (unpaired) electrons. The summed E-state index contributed by atoms with van der Waals surface area (Å²) in [6, 6.07) is 11.1. The molecule has 5 rings (SSSR count). The number of oxime groups is 1. The average molecular weight is 772 g/mol. The maximum absolute atomic E-state index is 14.2. The van der Waals surface area contributed by atoms with Gasteiger partial charge in [0.25, 0.3) is 5.69 Å². The van der Waals surface area contributed by atoms with E-state index < -0.39 is 28.3 Å². The third-order valence-corrected chi connectivity index (χ3v) is 10.8. The first-order valence-electron chi connectivity index (χ1n) is 19.6. The summed E-state index contributed by atoms with van der Waals surface area (Å²) < 4.78 is 20.2. The zero-order valence-electron chi connectivity index (χ0n) is 33.1. The van der Waals surface area contributed by atoms with Crippen molar-refractivity contribution in [3.63, 3.8) is 0 Å². The monoisotopic (exact) mass is 771 g/mol. The van der Waals surface area contributed by atoms with Crippen LogP contribution in [0.5, 0.6) is 11.5 Å². The molecule has 2 aromatic carbocycles. The number of hydrogen-bond acceptors (Lipinski definition) is 10. The van der Waals surface area contributed by atoms with Crippen molar-refractivity contribution in [1.82, 2.24) is 4.90 Å². The minimum absolute atomic E-state index is 0.0382. The molecule has 2 N–H and O–H groups in total. The molecule has 3 aliphatic rings. The van der Waals surface area contributed by atoms with Gasteiger partial charge in [0.05, 0.1) is 23.2 Å². The fourth-order valence-corrected chi connectivity index (χ4v) is 8.31. The predicted octanol–water partition coefficient (Wildman–Crippen LogP) is 7.76. The normalized spacial score (nSPS) is 24.7. The molecule has 0 saturated heterocycles. The first-order valence-corrected chi connectivity index (χ1v) is 19.6. The Labute approximate surface area is 330 Å². The van der Waals surface area contributed by atoms with Crippen LogP contribution in [0.25, 0.3) is 6.08 Å². The van der Waals surface area contributed by atoms with Crippen LogP contribution in [0.3, 0.4) is 0 Å². The van der Waals surface area contributed by atoms with E-state index in [1.165, 1.54) is 18.2 Å². The second-order valence-electron chi connectivity index (χ2n) is 15.7. The molecular formula is C44H57N3O9. The van der Waals surface area contributed by atoms with Gasteiger partial charge in [-0.15, -0.1) is 6.58 Å². The predicted molar refractivity (Wildman–Crippen MR) is 216 cm³/mol. The highest BCUT2D eigenvalue weighted by molar-refractivity contribution is 6.03. The quantitative estimate of drug-likeness (QED) is 0.0480. The number of carbonyl (C=O) groups is 1. The van der Waals surface area contributed by atoms with Crippen molar-refractivity contribution in [2.24, 2.45) is 22.9 Å². The van der Waals surface area contributed by atoms with Crippen LogP contribution in [0.15, 0.2) is 90.7 Å². The molecule has 1 saturated carbocycles. The van der Waals surface area contributed by atoms with Gasteiger partial charge in [-0.25, -0.2) is 0 Å². The van der Waals surface area contributed by atoms with Crippen LogP contribution >= 0.6 is 0 Å². The number of nitro benzene ring substituents is 1. The molecule has 2 aromatic rings. The smallest absolute Gasteiger partial charge is 0.269 e. The molecular weight excluding hydrogens is 714 g/mol. The molecule has 302 valence electrons. The number of nitro groups is 1. The topological polar surface area (TPSA) is 153 Å². The molecule has 0 spiro atoms. The first-order chi connectivity index (χ1) is 26.9. The Morgan fingerprint density at radius 3 is 2.39 bits per heavy atom. The van der Waals surface area contributed by atoms with Crippen LogP contribution < -0.4 is 9.47 Å². The van der Waals surface area contributed by atoms with E-state index in [4.69, 9.17) is 24.2 Å². The Balaban J connectivity index is 1.71. The molecule has 2 aliphatic carbocycles. The van der Waals surface area contributed by atoms with Gasteiger partial charge in [-0.3, -0.25) is 14.9 Å². The Hall–Kier alpha value is -4.78. The largest absolute Gasteiger partial charge is 0.490 e. The number of allylic oxidation sites excluding steroid dienone is 1. The number of aliphatic hydroxyl groups excluding tert-OH is 2. The molecule has 12 heteroatoms. The summed E-state index contributed by atoms with van der Waals surface area (Å²) in [5, 5.41) is 35.7. The van der Waals surface area contributed by atoms with Gasteiger partial charge >= 0.3 is 0 Å². The lowest BCUT2D eigenvalue weighted by Crippen LogP contribution is -2.69. The first kappa shape index (κ1) is 42.4. The number of non-ortho nitro benzene ring substituents is 1. The molecule has 1 aliphatic heterocycles. The van der Waals surface area contributed by atoms with Crippen LogP contribution in [0.2, 0.25) is 0 Å². The van der Waals surface area contributed by atoms with E-state index in [0.29, 0.717) is 42.2 Å². The average Bonchev–Trinajstić information content (AvgIpc) is 3.18. The summed E-state index contributed by atoms with van der Waals surface area (Å²) in [6.45, 7) is 14.3. The van der Waals surface area contributed by atoms with E-state index in [-0.39, 0.29) is 55.6 Å². The van der Waals surface area contributed by atoms with Crippen LogP contribution in [-0.2, 0) is 14.4 Å². The zero-order valence-corrected chi connectivity index (χ0v) is 33.1. The van der Waals surface area contributed by atoms with Gasteiger partial charge in [-0.05, 0) is 106 Å². The number of fused-ring (bicyclic) bond motifs is 2. The number of nitrogens with zero attached hydrogens (tertiary/aromatic N) is 3. The van der Waals surface area contributed by atoms with Gasteiger partial charge in [0.1, 0.15) is 29.7 Å². The van der Waals surface area contributed by atoms with Crippen molar-refractivity contribution in [3.8, 4) is 11.5 Å². The third-order valence-electron chi connectivity index (χ3n) is 10.8. The van der Waals surface area contributed by atoms with Gasteiger partial charge in [0.2, 0.25) is 11.7 Å². The van der Waals surface area contributed by atoms with E-state index in [1.54, 1.807) is 42.3 Å². The number of rotatable bonds is 19. The summed E-state index contributed by atoms with van der Waals surface area (Å²) >= 11 is 0. The maximum atomic E-state index is 14.2. The molecule has 6 unspecified atom stereocenters. The summed E-state index contributed by atoms with van der Waals surface area (Å²) in [4.78, 5) is 32.7. The van der Waals surface area contributed by atoms with Gasteiger partial charge in [-0.1, -0.05) is 42.8 Å². The zero-order chi connectivity index (χ0) is 40.5. The standard InChI is InChI=1S/C44H57N3O9/c1-7-25-53-33-20-21-38-36(28-33)41-34(14-10-12-24-49)31(13-9-11-23-48)27-35-37(45-56-43(3,4)5)29-39(44(55-38,42(35)41)54-26-8-2)46(6)40(50)22-17-30-15-18-32(19-16-30)47(51)52/h7-8,15-22,27-28,31,34,39,41-42,48-49H,1-2,9-14,23-26,29H2,3-6H3. The third kappa shape index (κ3) is 9.59. The number of aliphatic hydroxyl groups is 2. The van der Waals surface area contributed by atoms with Crippen LogP contribution in [-0.4, -0.2) is 82.6 Å². The van der Waals surface area contributed by atoms with Crippen molar-refractivity contribution < 1.29 is 39.0 Å². The molecule has 1 fully saturated rings. The molecule has 12 nitrogen and oxygen atoms in total. The summed E-state index contributed by atoms with van der Waals surface area (Å²) in [7, 11) is 1.72. The summed E-state index contributed by atoms with van der Waals surface area (Å²) in [6.07, 6.45) is 13.6. The molecule has 1 heterocycles. The fraction of sp³-hybridized carbons (Fsp3) is 0.500. The highest BCUT2D eigenvalue weighted by Crippen LogP contribution is 2.61. The number of carbonyl (C=O) groups excluding carboxylic acids is 1. The van der Waals surface area contributed by atoms with E-state index in [9.17, 15) is 25.1 Å². The van der Waals surface area contributed by atoms with Crippen molar-refractivity contribution in [2.45, 2.75) is 89.1 Å². The lowest BCUT2D eigenvalue weighted by atomic mass is 9.55. The highest BCUT2D eigenvalue weighted by Gasteiger charge is 2.65. The molecule has 56 heavy (non-hydrogen) atoms. The number of ether oxygens (including phenoxy) is 3. The number of amides is 1. The Morgan fingerprint density at radius 1 is 1.05 bits per heavy atom. The van der Waals surface area contributed by atoms with Crippen LogP contribution in [0, 0.1) is 27.9 Å². The Kier molecular flexibility index (Phi) is 14.3. The van der Waals surface area contributed by atoms with Crippen molar-refractivity contribution in [1.29, 1.82) is 0 Å². The van der Waals surface area contributed by atoms with Crippen molar-refractivity contribution in [2.75, 3.05) is 33.5 Å². The second kappa shape index (κ2) is 18.9. The van der Waals surface area contributed by atoms with E-state index >= 15 is 0 Å². The van der Waals surface area contributed by atoms with Gasteiger partial charge in [0.15, 0.2) is 0 Å².